The van der Waals surface area contributed by atoms with Crippen LogP contribution in [0.15, 0.2) is 27.9 Å². The van der Waals surface area contributed by atoms with Crippen molar-refractivity contribution < 1.29 is 13.1 Å². The van der Waals surface area contributed by atoms with Gasteiger partial charge in [-0.3, -0.25) is 0 Å². The molecule has 0 unspecified atom stereocenters. The standard InChI is InChI=1S/C15H19BBrF2N3/c1-5-20(6-2)14-8-7-12-9-13-10(3)15(17)11(4)21(13)16(18,19)22(12)14/h7-9H,5-6H2,1-4H3. The monoisotopic (exact) mass is 369 g/mol. The summed E-state index contributed by atoms with van der Waals surface area (Å²) in [7, 11) is 0. The van der Waals surface area contributed by atoms with Crippen molar-refractivity contribution in [2.45, 2.75) is 27.7 Å². The summed E-state index contributed by atoms with van der Waals surface area (Å²) in [5.74, 6) is 0.578. The second-order valence-corrected chi connectivity index (χ2v) is 6.46. The Bertz CT molecular complexity index is 742. The average molecular weight is 370 g/mol. The van der Waals surface area contributed by atoms with Crippen LogP contribution in [-0.2, 0) is 0 Å². The van der Waals surface area contributed by atoms with Crippen LogP contribution < -0.4 is 4.90 Å². The van der Waals surface area contributed by atoms with Crippen LogP contribution in [-0.4, -0.2) is 34.7 Å². The third-order valence-electron chi connectivity index (χ3n) is 4.57. The summed E-state index contributed by atoms with van der Waals surface area (Å²) in [6.45, 7) is 5.07. The maximum Gasteiger partial charge on any atom is 0.738 e. The van der Waals surface area contributed by atoms with Gasteiger partial charge < -0.3 is 22.5 Å². The zero-order valence-corrected chi connectivity index (χ0v) is 14.8. The van der Waals surface area contributed by atoms with Crippen LogP contribution in [0.1, 0.15) is 33.4 Å². The molecule has 0 aromatic carbocycles. The molecule has 0 bridgehead atoms. The Hall–Kier alpha value is -1.37. The number of rotatable bonds is 3. The number of anilines is 1. The Balaban J connectivity index is 2.26. The first kappa shape index (κ1) is 15.5. The number of hydrogen-bond donors (Lipinski definition) is 0. The van der Waals surface area contributed by atoms with E-state index in [9.17, 15) is 0 Å². The van der Waals surface area contributed by atoms with Crippen molar-refractivity contribution >= 4 is 40.5 Å². The van der Waals surface area contributed by atoms with Gasteiger partial charge in [0.2, 0.25) is 0 Å². The zero-order valence-electron chi connectivity index (χ0n) is 13.2. The predicted molar refractivity (Wildman–Crippen MR) is 91.9 cm³/mol. The lowest BCUT2D eigenvalue weighted by Gasteiger charge is -2.33. The molecule has 0 amide bonds. The fourth-order valence-corrected chi connectivity index (χ4v) is 3.79. The van der Waals surface area contributed by atoms with Crippen LogP contribution in [0.25, 0.3) is 6.08 Å². The van der Waals surface area contributed by atoms with Gasteiger partial charge in [0.15, 0.2) is 5.70 Å². The van der Waals surface area contributed by atoms with E-state index in [4.69, 9.17) is 0 Å². The summed E-state index contributed by atoms with van der Waals surface area (Å²) in [6.07, 6.45) is 1.85. The fraction of sp³-hybridized carbons (Fsp3) is 0.400. The molecular weight excluding hydrogens is 351 g/mol. The largest absolute Gasteiger partial charge is 0.738 e. The Labute approximate surface area is 137 Å². The predicted octanol–water partition coefficient (Wildman–Crippen LogP) is 4.07. The lowest BCUT2D eigenvalue weighted by molar-refractivity contribution is -0.362. The maximum absolute atomic E-state index is 15.3. The van der Waals surface area contributed by atoms with Gasteiger partial charge >= 0.3 is 6.97 Å². The van der Waals surface area contributed by atoms with E-state index in [2.05, 4.69) is 15.9 Å². The highest BCUT2D eigenvalue weighted by molar-refractivity contribution is 9.12. The molecule has 0 aliphatic carbocycles. The lowest BCUT2D eigenvalue weighted by Crippen LogP contribution is -2.51. The molecule has 118 valence electrons. The second kappa shape index (κ2) is 5.08. The highest BCUT2D eigenvalue weighted by Crippen LogP contribution is 2.40. The van der Waals surface area contributed by atoms with Gasteiger partial charge in [-0.25, -0.2) is 0 Å². The van der Waals surface area contributed by atoms with Gasteiger partial charge in [-0.2, -0.15) is 0 Å². The number of fused-ring (bicyclic) bond motifs is 2. The van der Waals surface area contributed by atoms with Crippen molar-refractivity contribution in [1.82, 2.24) is 4.48 Å². The minimum absolute atomic E-state index is 0.562. The molecule has 1 aromatic heterocycles. The Kier molecular flexibility index (Phi) is 3.59. The van der Waals surface area contributed by atoms with E-state index in [1.54, 1.807) is 19.1 Å². The van der Waals surface area contributed by atoms with Crippen LogP contribution >= 0.6 is 15.9 Å². The maximum atomic E-state index is 15.3. The first-order valence-electron chi connectivity index (χ1n) is 7.54. The molecule has 0 saturated carbocycles. The third kappa shape index (κ3) is 1.87. The molecule has 0 N–H and O–H groups in total. The summed E-state index contributed by atoms with van der Waals surface area (Å²) in [4.78, 5) is 1.96. The van der Waals surface area contributed by atoms with Gasteiger partial charge in [-0.15, -0.1) is 0 Å². The van der Waals surface area contributed by atoms with Crippen molar-refractivity contribution in [1.29, 1.82) is 0 Å². The van der Waals surface area contributed by atoms with Gasteiger partial charge in [-0.05, 0) is 48.8 Å². The molecule has 3 rings (SSSR count). The molecule has 22 heavy (non-hydrogen) atoms. The number of aromatic nitrogens is 1. The number of halogens is 3. The van der Waals surface area contributed by atoms with Gasteiger partial charge in [0.1, 0.15) is 5.71 Å². The van der Waals surface area contributed by atoms with Crippen molar-refractivity contribution in [3.05, 3.63) is 33.6 Å². The summed E-state index contributed by atoms with van der Waals surface area (Å²) in [5.41, 5.74) is 2.58. The first-order valence-corrected chi connectivity index (χ1v) is 8.34. The van der Waals surface area contributed by atoms with E-state index in [0.717, 1.165) is 10.1 Å². The normalized spacial score (nSPS) is 19.3. The van der Waals surface area contributed by atoms with Crippen LogP contribution in [0, 0.1) is 0 Å². The molecule has 7 heteroatoms. The van der Waals surface area contributed by atoms with Crippen LogP contribution in [0.3, 0.4) is 0 Å². The van der Waals surface area contributed by atoms with Gasteiger partial charge in [0.05, 0.1) is 10.3 Å². The van der Waals surface area contributed by atoms with Gasteiger partial charge in [0.25, 0.3) is 0 Å². The third-order valence-corrected chi connectivity index (χ3v) is 5.74. The molecule has 3 nitrogen and oxygen atoms in total. The number of hydrogen-bond acceptors (Lipinski definition) is 1. The van der Waals surface area contributed by atoms with Crippen molar-refractivity contribution in [3.8, 4) is 0 Å². The van der Waals surface area contributed by atoms with Crippen LogP contribution in [0.5, 0.6) is 0 Å². The molecule has 0 spiro atoms. The van der Waals surface area contributed by atoms with E-state index in [1.165, 1.54) is 8.96 Å². The minimum atomic E-state index is -3.90. The molecule has 3 heterocycles. The molecule has 0 saturated heterocycles. The fourth-order valence-electron chi connectivity index (χ4n) is 3.40. The Morgan fingerprint density at radius 2 is 1.86 bits per heavy atom. The minimum Gasteiger partial charge on any atom is -0.389 e. The summed E-state index contributed by atoms with van der Waals surface area (Å²) < 4.78 is 33.7. The SMILES string of the molecule is CCN(CC)c1ccc2n1[B-](F)(F)[N+]1=C(C)C(Br)=C(C)C1=C2. The second-order valence-electron chi connectivity index (χ2n) is 5.67. The molecule has 0 atom stereocenters. The van der Waals surface area contributed by atoms with E-state index < -0.39 is 6.97 Å². The Morgan fingerprint density at radius 1 is 1.23 bits per heavy atom. The highest BCUT2D eigenvalue weighted by Gasteiger charge is 2.54. The quantitative estimate of drug-likeness (QED) is 0.731. The van der Waals surface area contributed by atoms with E-state index >= 15 is 8.63 Å². The molecule has 2 aliphatic rings. The highest BCUT2D eigenvalue weighted by atomic mass is 79.9. The number of nitrogens with zero attached hydrogens (tertiary/aromatic N) is 3. The molecule has 2 aliphatic heterocycles. The zero-order chi connectivity index (χ0) is 16.2. The van der Waals surface area contributed by atoms with Crippen LogP contribution in [0.4, 0.5) is 14.4 Å². The average Bonchev–Trinajstić information content (AvgIpc) is 2.98. The smallest absolute Gasteiger partial charge is 0.389 e. The van der Waals surface area contributed by atoms with Crippen molar-refractivity contribution in [2.24, 2.45) is 0 Å². The Morgan fingerprint density at radius 3 is 2.45 bits per heavy atom. The van der Waals surface area contributed by atoms with E-state index in [0.29, 0.717) is 36.0 Å². The summed E-state index contributed by atoms with van der Waals surface area (Å²) >= 11 is 3.44. The molecule has 1 aromatic rings. The first-order chi connectivity index (χ1) is 10.3. The van der Waals surface area contributed by atoms with Crippen molar-refractivity contribution in [3.63, 3.8) is 0 Å². The van der Waals surface area contributed by atoms with Gasteiger partial charge in [0, 0.05) is 37.4 Å². The summed E-state index contributed by atoms with van der Waals surface area (Å²) in [5, 5.41) is 0. The molecule has 0 radical (unpaired) electrons. The lowest BCUT2D eigenvalue weighted by atomic mass is 9.90. The van der Waals surface area contributed by atoms with Gasteiger partial charge in [-0.1, -0.05) is 0 Å². The summed E-state index contributed by atoms with van der Waals surface area (Å²) in [6, 6.07) is 3.57. The van der Waals surface area contributed by atoms with E-state index in [1.807, 2.05) is 31.7 Å². The molecular formula is C15H19BBrF2N3. The van der Waals surface area contributed by atoms with E-state index in [-0.39, 0.29) is 0 Å². The van der Waals surface area contributed by atoms with Crippen molar-refractivity contribution in [2.75, 3.05) is 18.0 Å². The molecule has 0 fully saturated rings. The van der Waals surface area contributed by atoms with Crippen LogP contribution in [0.2, 0.25) is 0 Å². The number of allylic oxidation sites excluding steroid dienone is 2. The topological polar surface area (TPSA) is 11.2 Å².